The van der Waals surface area contributed by atoms with Crippen molar-refractivity contribution in [3.05, 3.63) is 33.2 Å². The van der Waals surface area contributed by atoms with Crippen molar-refractivity contribution in [1.29, 1.82) is 5.26 Å². The van der Waals surface area contributed by atoms with Crippen molar-refractivity contribution in [1.82, 2.24) is 4.98 Å². The molecule has 0 amide bonds. The third kappa shape index (κ3) is 1.88. The smallest absolute Gasteiger partial charge is 0.266 e. The SMILES string of the molecule is CC(C)C1CCc2[nH]c(=O)c(C#N)cc2C1. The lowest BCUT2D eigenvalue weighted by Gasteiger charge is -2.27. The first-order valence-electron chi connectivity index (χ1n) is 5.77. The maximum atomic E-state index is 11.5. The van der Waals surface area contributed by atoms with Crippen LogP contribution in [0.4, 0.5) is 0 Å². The molecule has 0 radical (unpaired) electrons. The maximum absolute atomic E-state index is 11.5. The molecule has 0 aliphatic heterocycles. The van der Waals surface area contributed by atoms with E-state index in [1.807, 2.05) is 6.07 Å². The summed E-state index contributed by atoms with van der Waals surface area (Å²) in [7, 11) is 0. The largest absolute Gasteiger partial charge is 0.325 e. The predicted octanol–water partition coefficient (Wildman–Crippen LogP) is 2.01. The molecule has 1 aliphatic rings. The molecule has 16 heavy (non-hydrogen) atoms. The summed E-state index contributed by atoms with van der Waals surface area (Å²) in [6.45, 7) is 4.46. The van der Waals surface area contributed by atoms with Crippen LogP contribution in [-0.4, -0.2) is 4.98 Å². The number of hydrogen-bond donors (Lipinski definition) is 1. The van der Waals surface area contributed by atoms with E-state index in [9.17, 15) is 4.79 Å². The van der Waals surface area contributed by atoms with Crippen LogP contribution >= 0.6 is 0 Å². The van der Waals surface area contributed by atoms with E-state index in [-0.39, 0.29) is 11.1 Å². The second-order valence-electron chi connectivity index (χ2n) is 4.87. The number of aryl methyl sites for hydroxylation is 1. The zero-order chi connectivity index (χ0) is 11.7. The Balaban J connectivity index is 2.39. The lowest BCUT2D eigenvalue weighted by Crippen LogP contribution is -2.24. The summed E-state index contributed by atoms with van der Waals surface area (Å²) in [6, 6.07) is 3.71. The lowest BCUT2D eigenvalue weighted by atomic mass is 9.80. The minimum absolute atomic E-state index is 0.239. The molecule has 1 unspecified atom stereocenters. The number of aromatic nitrogens is 1. The number of pyridine rings is 1. The molecule has 3 heteroatoms. The van der Waals surface area contributed by atoms with Gasteiger partial charge in [-0.25, -0.2) is 0 Å². The van der Waals surface area contributed by atoms with E-state index in [1.54, 1.807) is 6.07 Å². The van der Waals surface area contributed by atoms with Gasteiger partial charge in [-0.05, 0) is 42.7 Å². The quantitative estimate of drug-likeness (QED) is 0.780. The summed E-state index contributed by atoms with van der Waals surface area (Å²) in [5.41, 5.74) is 2.18. The predicted molar refractivity (Wildman–Crippen MR) is 62.1 cm³/mol. The van der Waals surface area contributed by atoms with E-state index in [0.29, 0.717) is 11.8 Å². The van der Waals surface area contributed by atoms with E-state index in [2.05, 4.69) is 18.8 Å². The standard InChI is InChI=1S/C13H16N2O/c1-8(2)9-3-4-12-10(5-9)6-11(7-14)13(16)15-12/h6,8-9H,3-5H2,1-2H3,(H,15,16). The fourth-order valence-corrected chi connectivity index (χ4v) is 2.38. The molecule has 0 saturated carbocycles. The highest BCUT2D eigenvalue weighted by Gasteiger charge is 2.22. The summed E-state index contributed by atoms with van der Waals surface area (Å²) < 4.78 is 0. The van der Waals surface area contributed by atoms with Gasteiger partial charge in [-0.2, -0.15) is 5.26 Å². The molecule has 1 aromatic rings. The Kier molecular flexibility index (Phi) is 2.82. The van der Waals surface area contributed by atoms with Crippen LogP contribution in [0.5, 0.6) is 0 Å². The summed E-state index contributed by atoms with van der Waals surface area (Å²) >= 11 is 0. The molecule has 0 aromatic carbocycles. The van der Waals surface area contributed by atoms with E-state index in [1.165, 1.54) is 0 Å². The van der Waals surface area contributed by atoms with Gasteiger partial charge in [0.1, 0.15) is 11.6 Å². The Morgan fingerprint density at radius 3 is 2.94 bits per heavy atom. The van der Waals surface area contributed by atoms with Gasteiger partial charge in [0.05, 0.1) is 0 Å². The summed E-state index contributed by atoms with van der Waals surface area (Å²) in [6.07, 6.45) is 3.05. The van der Waals surface area contributed by atoms with Crippen molar-refractivity contribution in [3.63, 3.8) is 0 Å². The highest BCUT2D eigenvalue weighted by Crippen LogP contribution is 2.28. The Morgan fingerprint density at radius 1 is 1.56 bits per heavy atom. The maximum Gasteiger partial charge on any atom is 0.266 e. The topological polar surface area (TPSA) is 56.6 Å². The van der Waals surface area contributed by atoms with Gasteiger partial charge in [-0.15, -0.1) is 0 Å². The van der Waals surface area contributed by atoms with E-state index in [4.69, 9.17) is 5.26 Å². The number of H-pyrrole nitrogens is 1. The molecule has 2 rings (SSSR count). The average molecular weight is 216 g/mol. The molecule has 0 saturated heterocycles. The van der Waals surface area contributed by atoms with Crippen LogP contribution in [0.15, 0.2) is 10.9 Å². The van der Waals surface area contributed by atoms with Crippen molar-refractivity contribution in [2.75, 3.05) is 0 Å². The molecule has 1 N–H and O–H groups in total. The van der Waals surface area contributed by atoms with Gasteiger partial charge < -0.3 is 4.98 Å². The van der Waals surface area contributed by atoms with Gasteiger partial charge in [0.25, 0.3) is 5.56 Å². The second kappa shape index (κ2) is 4.13. The summed E-state index contributed by atoms with van der Waals surface area (Å²) in [5, 5.41) is 8.83. The molecule has 0 spiro atoms. The highest BCUT2D eigenvalue weighted by molar-refractivity contribution is 5.34. The number of nitrogens with zero attached hydrogens (tertiary/aromatic N) is 1. The number of aromatic amines is 1. The first-order valence-corrected chi connectivity index (χ1v) is 5.77. The Morgan fingerprint density at radius 2 is 2.31 bits per heavy atom. The Bertz CT molecular complexity index is 494. The van der Waals surface area contributed by atoms with Crippen LogP contribution in [0.3, 0.4) is 0 Å². The van der Waals surface area contributed by atoms with Crippen molar-refractivity contribution in [2.24, 2.45) is 11.8 Å². The molecular formula is C13H16N2O. The number of nitrogens with one attached hydrogen (secondary N) is 1. The highest BCUT2D eigenvalue weighted by atomic mass is 16.1. The summed E-state index contributed by atoms with van der Waals surface area (Å²) in [5.74, 6) is 1.33. The molecule has 1 aliphatic carbocycles. The Labute approximate surface area is 95.1 Å². The van der Waals surface area contributed by atoms with Crippen molar-refractivity contribution in [2.45, 2.75) is 33.1 Å². The Hall–Kier alpha value is -1.56. The van der Waals surface area contributed by atoms with Crippen LogP contribution in [0.25, 0.3) is 0 Å². The van der Waals surface area contributed by atoms with Gasteiger partial charge in [0.15, 0.2) is 0 Å². The minimum atomic E-state index is -0.246. The summed E-state index contributed by atoms with van der Waals surface area (Å²) in [4.78, 5) is 14.3. The number of fused-ring (bicyclic) bond motifs is 1. The average Bonchev–Trinajstić information content (AvgIpc) is 2.27. The first-order chi connectivity index (χ1) is 7.61. The zero-order valence-electron chi connectivity index (χ0n) is 9.71. The van der Waals surface area contributed by atoms with Crippen LogP contribution in [-0.2, 0) is 12.8 Å². The fourth-order valence-electron chi connectivity index (χ4n) is 2.38. The van der Waals surface area contributed by atoms with Crippen molar-refractivity contribution in [3.8, 4) is 6.07 Å². The third-order valence-electron chi connectivity index (χ3n) is 3.53. The van der Waals surface area contributed by atoms with Gasteiger partial charge in [-0.1, -0.05) is 13.8 Å². The van der Waals surface area contributed by atoms with Gasteiger partial charge >= 0.3 is 0 Å². The van der Waals surface area contributed by atoms with E-state index < -0.39 is 0 Å². The number of rotatable bonds is 1. The molecule has 84 valence electrons. The molecule has 0 fully saturated rings. The van der Waals surface area contributed by atoms with Crippen molar-refractivity contribution >= 4 is 0 Å². The number of nitriles is 1. The normalized spacial score (nSPS) is 19.2. The van der Waals surface area contributed by atoms with Crippen LogP contribution in [0.2, 0.25) is 0 Å². The van der Waals surface area contributed by atoms with Crippen LogP contribution < -0.4 is 5.56 Å². The minimum Gasteiger partial charge on any atom is -0.325 e. The van der Waals surface area contributed by atoms with Gasteiger partial charge in [0, 0.05) is 5.69 Å². The molecule has 3 nitrogen and oxygen atoms in total. The van der Waals surface area contributed by atoms with Crippen molar-refractivity contribution < 1.29 is 0 Å². The fraction of sp³-hybridized carbons (Fsp3) is 0.538. The monoisotopic (exact) mass is 216 g/mol. The molecule has 1 heterocycles. The van der Waals surface area contributed by atoms with Gasteiger partial charge in [-0.3, -0.25) is 4.79 Å². The van der Waals surface area contributed by atoms with Crippen LogP contribution in [0.1, 0.15) is 37.1 Å². The van der Waals surface area contributed by atoms with Crippen LogP contribution in [0, 0.1) is 23.2 Å². The van der Waals surface area contributed by atoms with E-state index >= 15 is 0 Å². The van der Waals surface area contributed by atoms with E-state index in [0.717, 1.165) is 30.5 Å². The zero-order valence-corrected chi connectivity index (χ0v) is 9.71. The lowest BCUT2D eigenvalue weighted by molar-refractivity contribution is 0.340. The number of hydrogen-bond acceptors (Lipinski definition) is 2. The molecule has 0 bridgehead atoms. The van der Waals surface area contributed by atoms with Gasteiger partial charge in [0.2, 0.25) is 0 Å². The first kappa shape index (κ1) is 10.9. The third-order valence-corrected chi connectivity index (χ3v) is 3.53. The second-order valence-corrected chi connectivity index (χ2v) is 4.87. The molecular weight excluding hydrogens is 200 g/mol. The molecule has 1 aromatic heterocycles. The molecule has 1 atom stereocenters.